The molecule has 33 heavy (non-hydrogen) atoms. The largest absolute Gasteiger partial charge is 0.491 e. The van der Waals surface area contributed by atoms with Gasteiger partial charge >= 0.3 is 6.18 Å². The van der Waals surface area contributed by atoms with Gasteiger partial charge in [0.25, 0.3) is 11.8 Å². The first kappa shape index (κ1) is 22.5. The summed E-state index contributed by atoms with van der Waals surface area (Å²) in [5.74, 6) is 0.278. The maximum Gasteiger partial charge on any atom is 0.408 e. The first-order valence-corrected chi connectivity index (χ1v) is 9.89. The van der Waals surface area contributed by atoms with Crippen LogP contribution in [0.25, 0.3) is 11.3 Å². The van der Waals surface area contributed by atoms with Crippen LogP contribution in [0.1, 0.15) is 29.2 Å². The summed E-state index contributed by atoms with van der Waals surface area (Å²) in [7, 11) is 2.96. The Morgan fingerprint density at radius 1 is 1.15 bits per heavy atom. The summed E-state index contributed by atoms with van der Waals surface area (Å²) in [4.78, 5) is 23.2. The van der Waals surface area contributed by atoms with E-state index in [-0.39, 0.29) is 17.9 Å². The normalized spacial score (nSPS) is 15.6. The number of ether oxygens (including phenoxy) is 3. The van der Waals surface area contributed by atoms with E-state index < -0.39 is 24.9 Å². The predicted octanol–water partition coefficient (Wildman–Crippen LogP) is 3.62. The van der Waals surface area contributed by atoms with Crippen LogP contribution < -0.4 is 14.4 Å². The van der Waals surface area contributed by atoms with Gasteiger partial charge in [0.15, 0.2) is 12.0 Å². The van der Waals surface area contributed by atoms with Crippen LogP contribution in [0.3, 0.4) is 0 Å². The fourth-order valence-electron chi connectivity index (χ4n) is 3.55. The molecule has 0 aromatic carbocycles. The van der Waals surface area contributed by atoms with Crippen molar-refractivity contribution in [2.24, 2.45) is 0 Å². The van der Waals surface area contributed by atoms with Crippen LogP contribution in [0.15, 0.2) is 36.8 Å². The Kier molecular flexibility index (Phi) is 5.93. The highest BCUT2D eigenvalue weighted by Crippen LogP contribution is 2.39. The van der Waals surface area contributed by atoms with E-state index >= 15 is 0 Å². The minimum Gasteiger partial charge on any atom is -0.491 e. The number of anilines is 1. The highest BCUT2D eigenvalue weighted by Gasteiger charge is 2.41. The number of hydrogen-bond acceptors (Lipinski definition) is 7. The van der Waals surface area contributed by atoms with E-state index in [2.05, 4.69) is 15.1 Å². The highest BCUT2D eigenvalue weighted by atomic mass is 19.4. The highest BCUT2D eigenvalue weighted by molar-refractivity contribution is 6.10. The van der Waals surface area contributed by atoms with Crippen molar-refractivity contribution in [3.05, 3.63) is 48.0 Å². The molecule has 0 spiro atoms. The number of nitrogens with zero attached hydrogens (tertiary/aromatic N) is 5. The molecule has 0 saturated heterocycles. The van der Waals surface area contributed by atoms with E-state index in [1.54, 1.807) is 31.3 Å². The van der Waals surface area contributed by atoms with Gasteiger partial charge in [-0.2, -0.15) is 18.3 Å². The fraction of sp³-hybridized carbons (Fsp3) is 0.333. The molecule has 0 N–H and O–H groups in total. The van der Waals surface area contributed by atoms with Crippen molar-refractivity contribution in [2.45, 2.75) is 25.9 Å². The lowest BCUT2D eigenvalue weighted by Crippen LogP contribution is -2.29. The third-order valence-corrected chi connectivity index (χ3v) is 4.93. The summed E-state index contributed by atoms with van der Waals surface area (Å²) in [6.45, 7) is 0.722. The molecule has 1 unspecified atom stereocenters. The monoisotopic (exact) mass is 463 g/mol. The standard InChI is InChI=1S/C21H20F3N5O4/c1-4-33-20-17-14(19(30)29(20)13-9-26-28(10-13)11-21(22,23)24)5-6-15(27-17)12-7-16(31-2)18(32-3)25-8-12/h5-10,20H,4,11H2,1-3H3. The summed E-state index contributed by atoms with van der Waals surface area (Å²) in [5, 5.41) is 3.73. The van der Waals surface area contributed by atoms with E-state index in [0.29, 0.717) is 28.6 Å². The Hall–Kier alpha value is -3.67. The van der Waals surface area contributed by atoms with Crippen LogP contribution in [0.4, 0.5) is 18.9 Å². The van der Waals surface area contributed by atoms with Gasteiger partial charge in [0, 0.05) is 24.6 Å². The van der Waals surface area contributed by atoms with Gasteiger partial charge in [0.05, 0.1) is 37.4 Å². The van der Waals surface area contributed by atoms with Gasteiger partial charge in [0.1, 0.15) is 12.2 Å². The number of rotatable bonds is 7. The van der Waals surface area contributed by atoms with Crippen molar-refractivity contribution < 1.29 is 32.2 Å². The topological polar surface area (TPSA) is 91.6 Å². The minimum absolute atomic E-state index is 0.176. The average Bonchev–Trinajstić information content (AvgIpc) is 3.34. The lowest BCUT2D eigenvalue weighted by molar-refractivity contribution is -0.142. The average molecular weight is 463 g/mol. The quantitative estimate of drug-likeness (QED) is 0.529. The van der Waals surface area contributed by atoms with Crippen molar-refractivity contribution in [3.8, 4) is 22.9 Å². The molecule has 1 amide bonds. The van der Waals surface area contributed by atoms with Gasteiger partial charge < -0.3 is 14.2 Å². The van der Waals surface area contributed by atoms with Crippen molar-refractivity contribution in [1.82, 2.24) is 19.7 Å². The molecule has 3 aromatic rings. The van der Waals surface area contributed by atoms with Gasteiger partial charge in [-0.25, -0.2) is 9.97 Å². The van der Waals surface area contributed by atoms with Crippen LogP contribution in [0.5, 0.6) is 11.6 Å². The molecule has 0 radical (unpaired) electrons. The van der Waals surface area contributed by atoms with Crippen LogP contribution >= 0.6 is 0 Å². The maximum absolute atomic E-state index is 13.1. The van der Waals surface area contributed by atoms with Gasteiger partial charge in [-0.3, -0.25) is 14.4 Å². The fourth-order valence-corrected chi connectivity index (χ4v) is 3.55. The number of methoxy groups -OCH3 is 2. The number of hydrogen-bond donors (Lipinski definition) is 0. The molecule has 4 heterocycles. The SMILES string of the molecule is CCOC1c2nc(-c3cnc(OC)c(OC)c3)ccc2C(=O)N1c1cnn(CC(F)(F)F)c1. The number of fused-ring (bicyclic) bond motifs is 1. The molecule has 9 nitrogen and oxygen atoms in total. The molecular weight excluding hydrogens is 443 g/mol. The lowest BCUT2D eigenvalue weighted by Gasteiger charge is -2.23. The Labute approximate surface area is 186 Å². The summed E-state index contributed by atoms with van der Waals surface area (Å²) in [6, 6.07) is 4.95. The number of halogens is 3. The molecule has 1 aliphatic heterocycles. The van der Waals surface area contributed by atoms with Crippen LogP contribution in [0, 0.1) is 0 Å². The number of pyridine rings is 2. The first-order valence-electron chi connectivity index (χ1n) is 9.89. The molecule has 0 saturated carbocycles. The summed E-state index contributed by atoms with van der Waals surface area (Å²) in [6.07, 6.45) is -1.45. The second kappa shape index (κ2) is 8.70. The van der Waals surface area contributed by atoms with E-state index in [0.717, 1.165) is 10.9 Å². The summed E-state index contributed by atoms with van der Waals surface area (Å²) < 4.78 is 55.1. The zero-order valence-corrected chi connectivity index (χ0v) is 18.0. The van der Waals surface area contributed by atoms with E-state index in [4.69, 9.17) is 14.2 Å². The lowest BCUT2D eigenvalue weighted by atomic mass is 10.1. The van der Waals surface area contributed by atoms with Crippen molar-refractivity contribution >= 4 is 11.6 Å². The molecule has 1 atom stereocenters. The van der Waals surface area contributed by atoms with Crippen molar-refractivity contribution in [1.29, 1.82) is 0 Å². The molecule has 0 fully saturated rings. The van der Waals surface area contributed by atoms with Gasteiger partial charge in [0.2, 0.25) is 0 Å². The summed E-state index contributed by atoms with van der Waals surface area (Å²) in [5.41, 5.74) is 1.94. The van der Waals surface area contributed by atoms with Crippen LogP contribution in [-0.4, -0.2) is 52.7 Å². The van der Waals surface area contributed by atoms with Gasteiger partial charge in [-0.05, 0) is 25.1 Å². The third kappa shape index (κ3) is 4.33. The molecule has 1 aliphatic rings. The molecule has 4 rings (SSSR count). The van der Waals surface area contributed by atoms with Crippen LogP contribution in [0.2, 0.25) is 0 Å². The van der Waals surface area contributed by atoms with Crippen LogP contribution in [-0.2, 0) is 11.3 Å². The third-order valence-electron chi connectivity index (χ3n) is 4.93. The van der Waals surface area contributed by atoms with Crippen molar-refractivity contribution in [2.75, 3.05) is 25.7 Å². The van der Waals surface area contributed by atoms with E-state index in [9.17, 15) is 18.0 Å². The smallest absolute Gasteiger partial charge is 0.408 e. The van der Waals surface area contributed by atoms with Gasteiger partial charge in [-0.15, -0.1) is 0 Å². The second-order valence-corrected chi connectivity index (χ2v) is 7.06. The Bertz CT molecular complexity index is 1180. The molecular formula is C21H20F3N5O4. The zero-order chi connectivity index (χ0) is 23.8. The maximum atomic E-state index is 13.1. The molecule has 174 valence electrons. The van der Waals surface area contributed by atoms with E-state index in [1.165, 1.54) is 25.3 Å². The number of amides is 1. The number of carbonyl (C=O) groups is 1. The van der Waals surface area contributed by atoms with E-state index in [1.807, 2.05) is 0 Å². The Balaban J connectivity index is 1.71. The first-order chi connectivity index (χ1) is 15.8. The summed E-state index contributed by atoms with van der Waals surface area (Å²) >= 11 is 0. The molecule has 12 heteroatoms. The second-order valence-electron chi connectivity index (χ2n) is 7.06. The number of carbonyl (C=O) groups excluding carboxylic acids is 1. The number of aromatic nitrogens is 4. The molecule has 0 bridgehead atoms. The van der Waals surface area contributed by atoms with Gasteiger partial charge in [-0.1, -0.05) is 0 Å². The predicted molar refractivity (Wildman–Crippen MR) is 110 cm³/mol. The Morgan fingerprint density at radius 2 is 1.94 bits per heavy atom. The van der Waals surface area contributed by atoms with Crippen molar-refractivity contribution in [3.63, 3.8) is 0 Å². The zero-order valence-electron chi connectivity index (χ0n) is 18.0. The molecule has 0 aliphatic carbocycles. The molecule has 3 aromatic heterocycles. The number of alkyl halides is 3. The minimum atomic E-state index is -4.44. The Morgan fingerprint density at radius 3 is 2.61 bits per heavy atom.